The molecule has 0 fully saturated rings. The highest BCUT2D eigenvalue weighted by Gasteiger charge is 2.10. The van der Waals surface area contributed by atoms with Crippen molar-refractivity contribution in [2.24, 2.45) is 0 Å². The van der Waals surface area contributed by atoms with E-state index in [0.29, 0.717) is 10.6 Å². The van der Waals surface area contributed by atoms with Crippen molar-refractivity contribution in [3.05, 3.63) is 53.1 Å². The number of aromatic hydroxyl groups is 1. The standard InChI is InChI=1S/C13H9ClO3/c14-10-3-1-2-8(6-10)9-4-5-12(15)11(7-9)13(16)17/h1-7,15H,(H,16,17). The number of carboxylic acid groups (broad SMARTS) is 1. The molecule has 0 atom stereocenters. The van der Waals surface area contributed by atoms with E-state index < -0.39 is 5.97 Å². The maximum atomic E-state index is 10.9. The van der Waals surface area contributed by atoms with Crippen molar-refractivity contribution in [2.45, 2.75) is 0 Å². The minimum absolute atomic E-state index is 0.123. The number of benzene rings is 2. The number of hydrogen-bond donors (Lipinski definition) is 2. The fourth-order valence-electron chi connectivity index (χ4n) is 1.55. The molecule has 2 N–H and O–H groups in total. The predicted molar refractivity (Wildman–Crippen MR) is 65.5 cm³/mol. The first kappa shape index (κ1) is 11.5. The van der Waals surface area contributed by atoms with E-state index in [1.165, 1.54) is 12.1 Å². The topological polar surface area (TPSA) is 57.5 Å². The first-order chi connectivity index (χ1) is 8.08. The summed E-state index contributed by atoms with van der Waals surface area (Å²) < 4.78 is 0. The lowest BCUT2D eigenvalue weighted by Crippen LogP contribution is -1.96. The zero-order valence-electron chi connectivity index (χ0n) is 8.72. The third kappa shape index (κ3) is 2.40. The second kappa shape index (κ2) is 4.47. The van der Waals surface area contributed by atoms with Crippen LogP contribution >= 0.6 is 11.6 Å². The maximum absolute atomic E-state index is 10.9. The average Bonchev–Trinajstić information content (AvgIpc) is 2.29. The first-order valence-electron chi connectivity index (χ1n) is 4.90. The summed E-state index contributed by atoms with van der Waals surface area (Å²) in [7, 11) is 0. The molecule has 0 unspecified atom stereocenters. The Labute approximate surface area is 103 Å². The molecule has 0 aliphatic heterocycles. The maximum Gasteiger partial charge on any atom is 0.339 e. The average molecular weight is 249 g/mol. The molecular weight excluding hydrogens is 240 g/mol. The summed E-state index contributed by atoms with van der Waals surface area (Å²) in [6.07, 6.45) is 0. The normalized spacial score (nSPS) is 10.2. The van der Waals surface area contributed by atoms with Crippen LogP contribution < -0.4 is 0 Å². The number of carbonyl (C=O) groups is 1. The molecule has 0 aliphatic carbocycles. The van der Waals surface area contributed by atoms with Gasteiger partial charge in [-0.2, -0.15) is 0 Å². The summed E-state index contributed by atoms with van der Waals surface area (Å²) in [6.45, 7) is 0. The Kier molecular flexibility index (Phi) is 3.02. The van der Waals surface area contributed by atoms with Gasteiger partial charge in [0, 0.05) is 5.02 Å². The monoisotopic (exact) mass is 248 g/mol. The van der Waals surface area contributed by atoms with Crippen LogP contribution in [0.5, 0.6) is 5.75 Å². The minimum atomic E-state index is -1.16. The summed E-state index contributed by atoms with van der Waals surface area (Å²) >= 11 is 5.86. The third-order valence-corrected chi connectivity index (χ3v) is 2.62. The van der Waals surface area contributed by atoms with Crippen LogP contribution in [0.2, 0.25) is 5.02 Å². The third-order valence-electron chi connectivity index (χ3n) is 2.38. The van der Waals surface area contributed by atoms with E-state index in [-0.39, 0.29) is 11.3 Å². The van der Waals surface area contributed by atoms with Crippen LogP contribution in [0, 0.1) is 0 Å². The summed E-state index contributed by atoms with van der Waals surface area (Å²) in [4.78, 5) is 10.9. The van der Waals surface area contributed by atoms with Gasteiger partial charge in [0.1, 0.15) is 11.3 Å². The Bertz CT molecular complexity index is 579. The molecule has 3 nitrogen and oxygen atoms in total. The van der Waals surface area contributed by atoms with Gasteiger partial charge in [0.25, 0.3) is 0 Å². The van der Waals surface area contributed by atoms with Gasteiger partial charge < -0.3 is 10.2 Å². The van der Waals surface area contributed by atoms with Crippen LogP contribution in [0.25, 0.3) is 11.1 Å². The highest BCUT2D eigenvalue weighted by atomic mass is 35.5. The molecule has 2 aromatic carbocycles. The molecule has 86 valence electrons. The molecule has 0 aliphatic rings. The van der Waals surface area contributed by atoms with Crippen molar-refractivity contribution in [3.8, 4) is 16.9 Å². The molecule has 2 aromatic rings. The van der Waals surface area contributed by atoms with Crippen molar-refractivity contribution in [3.63, 3.8) is 0 Å². The van der Waals surface area contributed by atoms with Gasteiger partial charge in [-0.25, -0.2) is 4.79 Å². The lowest BCUT2D eigenvalue weighted by Gasteiger charge is -2.05. The number of halogens is 1. The van der Waals surface area contributed by atoms with Gasteiger partial charge in [-0.3, -0.25) is 0 Å². The van der Waals surface area contributed by atoms with Gasteiger partial charge in [0.2, 0.25) is 0 Å². The predicted octanol–water partition coefficient (Wildman–Crippen LogP) is 3.41. The number of carboxylic acids is 1. The Hall–Kier alpha value is -2.00. The molecular formula is C13H9ClO3. The molecule has 0 saturated carbocycles. The molecule has 0 saturated heterocycles. The van der Waals surface area contributed by atoms with Crippen LogP contribution in [0.4, 0.5) is 0 Å². The Balaban J connectivity index is 2.54. The fraction of sp³-hybridized carbons (Fsp3) is 0. The number of rotatable bonds is 2. The Morgan fingerprint density at radius 3 is 2.41 bits per heavy atom. The van der Waals surface area contributed by atoms with Gasteiger partial charge in [0.15, 0.2) is 0 Å². The van der Waals surface area contributed by atoms with Crippen LogP contribution in [0.1, 0.15) is 10.4 Å². The molecule has 4 heteroatoms. The Morgan fingerprint density at radius 2 is 1.76 bits per heavy atom. The van der Waals surface area contributed by atoms with E-state index in [1.807, 2.05) is 6.07 Å². The SMILES string of the molecule is O=C(O)c1cc(-c2cccc(Cl)c2)ccc1O. The quantitative estimate of drug-likeness (QED) is 0.856. The second-order valence-corrected chi connectivity index (χ2v) is 3.98. The van der Waals surface area contributed by atoms with Crippen molar-refractivity contribution < 1.29 is 15.0 Å². The zero-order valence-corrected chi connectivity index (χ0v) is 9.48. The van der Waals surface area contributed by atoms with E-state index in [0.717, 1.165) is 5.56 Å². The highest BCUT2D eigenvalue weighted by Crippen LogP contribution is 2.27. The molecule has 2 rings (SSSR count). The smallest absolute Gasteiger partial charge is 0.339 e. The summed E-state index contributed by atoms with van der Waals surface area (Å²) in [6, 6.07) is 11.5. The molecule has 0 bridgehead atoms. The zero-order chi connectivity index (χ0) is 12.4. The molecule has 0 aromatic heterocycles. The molecule has 0 heterocycles. The largest absolute Gasteiger partial charge is 0.507 e. The summed E-state index contributed by atoms with van der Waals surface area (Å²) in [5.74, 6) is -1.41. The van der Waals surface area contributed by atoms with E-state index in [9.17, 15) is 9.90 Å². The van der Waals surface area contributed by atoms with Gasteiger partial charge in [-0.05, 0) is 35.4 Å². The van der Waals surface area contributed by atoms with E-state index in [1.54, 1.807) is 24.3 Å². The first-order valence-corrected chi connectivity index (χ1v) is 5.28. The van der Waals surface area contributed by atoms with Gasteiger partial charge in [-0.1, -0.05) is 29.8 Å². The number of hydrogen-bond acceptors (Lipinski definition) is 2. The summed E-state index contributed by atoms with van der Waals surface area (Å²) in [5.41, 5.74) is 1.38. The second-order valence-electron chi connectivity index (χ2n) is 3.55. The molecule has 0 spiro atoms. The van der Waals surface area contributed by atoms with Gasteiger partial charge >= 0.3 is 5.97 Å². The van der Waals surface area contributed by atoms with Crippen molar-refractivity contribution in [2.75, 3.05) is 0 Å². The van der Waals surface area contributed by atoms with Crippen molar-refractivity contribution >= 4 is 17.6 Å². The van der Waals surface area contributed by atoms with E-state index >= 15 is 0 Å². The fourth-order valence-corrected chi connectivity index (χ4v) is 1.75. The number of phenols is 1. The highest BCUT2D eigenvalue weighted by molar-refractivity contribution is 6.30. The lowest BCUT2D eigenvalue weighted by molar-refractivity contribution is 0.0694. The van der Waals surface area contributed by atoms with Gasteiger partial charge in [0.05, 0.1) is 0 Å². The van der Waals surface area contributed by atoms with E-state index in [4.69, 9.17) is 16.7 Å². The van der Waals surface area contributed by atoms with E-state index in [2.05, 4.69) is 0 Å². The van der Waals surface area contributed by atoms with Crippen LogP contribution in [-0.2, 0) is 0 Å². The molecule has 17 heavy (non-hydrogen) atoms. The van der Waals surface area contributed by atoms with Crippen LogP contribution in [0.3, 0.4) is 0 Å². The van der Waals surface area contributed by atoms with Crippen LogP contribution in [-0.4, -0.2) is 16.2 Å². The van der Waals surface area contributed by atoms with Gasteiger partial charge in [-0.15, -0.1) is 0 Å². The Morgan fingerprint density at radius 1 is 1.06 bits per heavy atom. The molecule has 0 amide bonds. The summed E-state index contributed by atoms with van der Waals surface area (Å²) in [5, 5.41) is 18.9. The van der Waals surface area contributed by atoms with Crippen molar-refractivity contribution in [1.82, 2.24) is 0 Å². The lowest BCUT2D eigenvalue weighted by atomic mass is 10.0. The number of aromatic carboxylic acids is 1. The minimum Gasteiger partial charge on any atom is -0.507 e. The molecule has 0 radical (unpaired) electrons. The van der Waals surface area contributed by atoms with Crippen molar-refractivity contribution in [1.29, 1.82) is 0 Å². The van der Waals surface area contributed by atoms with Crippen LogP contribution in [0.15, 0.2) is 42.5 Å².